The van der Waals surface area contributed by atoms with E-state index in [0.29, 0.717) is 6.54 Å². The zero-order valence-electron chi connectivity index (χ0n) is 13.6. The number of rotatable bonds is 8. The van der Waals surface area contributed by atoms with E-state index in [0.717, 1.165) is 24.0 Å². The van der Waals surface area contributed by atoms with Crippen LogP contribution in [0.5, 0.6) is 0 Å². The van der Waals surface area contributed by atoms with Crippen LogP contribution in [0.2, 0.25) is 0 Å². The highest BCUT2D eigenvalue weighted by Crippen LogP contribution is 2.37. The number of aliphatic hydroxyl groups excluding tert-OH is 1. The Labute approximate surface area is 143 Å². The number of nitrogens with zero attached hydrogens (tertiary/aromatic N) is 1. The fourth-order valence-electron chi connectivity index (χ4n) is 3.01. The molecule has 1 atom stereocenters. The van der Waals surface area contributed by atoms with E-state index in [-0.39, 0.29) is 24.3 Å². The Balaban J connectivity index is 1.87. The highest BCUT2D eigenvalue weighted by molar-refractivity contribution is 7.88. The fourth-order valence-corrected chi connectivity index (χ4v) is 4.79. The van der Waals surface area contributed by atoms with Crippen molar-refractivity contribution in [2.75, 3.05) is 6.61 Å². The molecule has 1 N–H and O–H groups in total. The maximum atomic E-state index is 13.1. The summed E-state index contributed by atoms with van der Waals surface area (Å²) in [5.74, 6) is 0.230. The average molecular weight is 345 g/mol. The second-order valence-electron chi connectivity index (χ2n) is 6.36. The summed E-state index contributed by atoms with van der Waals surface area (Å²) in [4.78, 5) is 0. The quantitative estimate of drug-likeness (QED) is 0.800. The summed E-state index contributed by atoms with van der Waals surface area (Å²) < 4.78 is 27.6. The van der Waals surface area contributed by atoms with E-state index < -0.39 is 10.0 Å². The summed E-state index contributed by atoms with van der Waals surface area (Å²) in [7, 11) is -3.52. The number of aliphatic hydroxyl groups is 1. The van der Waals surface area contributed by atoms with Crippen LogP contribution in [0.1, 0.15) is 24.0 Å². The third kappa shape index (κ3) is 4.23. The number of sulfonamides is 1. The van der Waals surface area contributed by atoms with Crippen molar-refractivity contribution in [2.45, 2.75) is 31.2 Å². The zero-order chi connectivity index (χ0) is 17.0. The number of benzene rings is 2. The molecule has 0 radical (unpaired) electrons. The molecule has 0 aliphatic heterocycles. The van der Waals surface area contributed by atoms with Crippen LogP contribution in [0.25, 0.3) is 0 Å². The molecular weight excluding hydrogens is 322 g/mol. The molecule has 0 aromatic heterocycles. The SMILES string of the molecule is O=S(=O)(Cc1ccccc1)N(Cc1ccccc1)C(CO)C1CC1. The van der Waals surface area contributed by atoms with E-state index in [4.69, 9.17) is 0 Å². The first-order valence-corrected chi connectivity index (χ1v) is 9.89. The predicted octanol–water partition coefficient (Wildman–Crippen LogP) is 2.79. The molecule has 128 valence electrons. The van der Waals surface area contributed by atoms with E-state index in [1.165, 1.54) is 4.31 Å². The number of hydrogen-bond acceptors (Lipinski definition) is 3. The summed E-state index contributed by atoms with van der Waals surface area (Å²) in [5.41, 5.74) is 1.70. The summed E-state index contributed by atoms with van der Waals surface area (Å²) in [6, 6.07) is 18.4. The van der Waals surface area contributed by atoms with Crippen molar-refractivity contribution in [1.82, 2.24) is 4.31 Å². The van der Waals surface area contributed by atoms with Crippen LogP contribution in [0.15, 0.2) is 60.7 Å². The van der Waals surface area contributed by atoms with Gasteiger partial charge in [-0.3, -0.25) is 0 Å². The largest absolute Gasteiger partial charge is 0.395 e. The molecule has 0 heterocycles. The lowest BCUT2D eigenvalue weighted by atomic mass is 10.1. The number of hydrogen-bond donors (Lipinski definition) is 1. The Hall–Kier alpha value is -1.69. The van der Waals surface area contributed by atoms with Crippen molar-refractivity contribution in [2.24, 2.45) is 5.92 Å². The maximum Gasteiger partial charge on any atom is 0.218 e. The van der Waals surface area contributed by atoms with Gasteiger partial charge in [-0.15, -0.1) is 0 Å². The normalized spacial score (nSPS) is 16.2. The van der Waals surface area contributed by atoms with E-state index in [2.05, 4.69) is 0 Å². The first-order chi connectivity index (χ1) is 11.6. The molecule has 1 aliphatic rings. The van der Waals surface area contributed by atoms with E-state index in [1.54, 1.807) is 0 Å². The minimum Gasteiger partial charge on any atom is -0.395 e. The zero-order valence-corrected chi connectivity index (χ0v) is 14.4. The predicted molar refractivity (Wildman–Crippen MR) is 94.6 cm³/mol. The Morgan fingerprint density at radius 3 is 2.00 bits per heavy atom. The second kappa shape index (κ2) is 7.47. The van der Waals surface area contributed by atoms with E-state index in [9.17, 15) is 13.5 Å². The van der Waals surface area contributed by atoms with Gasteiger partial charge in [-0.2, -0.15) is 4.31 Å². The van der Waals surface area contributed by atoms with E-state index >= 15 is 0 Å². The smallest absolute Gasteiger partial charge is 0.218 e. The highest BCUT2D eigenvalue weighted by Gasteiger charge is 2.40. The molecule has 0 saturated heterocycles. The van der Waals surface area contributed by atoms with Gasteiger partial charge in [0.2, 0.25) is 10.0 Å². The fraction of sp³-hybridized carbons (Fsp3) is 0.368. The highest BCUT2D eigenvalue weighted by atomic mass is 32.2. The van der Waals surface area contributed by atoms with Crippen molar-refractivity contribution in [3.8, 4) is 0 Å². The van der Waals surface area contributed by atoms with Gasteiger partial charge in [0, 0.05) is 6.54 Å². The van der Waals surface area contributed by atoms with Crippen LogP contribution in [0.3, 0.4) is 0 Å². The topological polar surface area (TPSA) is 57.6 Å². The molecule has 5 heteroatoms. The Morgan fingerprint density at radius 1 is 0.958 bits per heavy atom. The molecular formula is C19H23NO3S. The molecule has 1 fully saturated rings. The van der Waals surface area contributed by atoms with Gasteiger partial charge in [-0.25, -0.2) is 8.42 Å². The molecule has 1 saturated carbocycles. The van der Waals surface area contributed by atoms with Crippen molar-refractivity contribution in [3.63, 3.8) is 0 Å². The minimum atomic E-state index is -3.52. The van der Waals surface area contributed by atoms with Gasteiger partial charge >= 0.3 is 0 Å². The van der Waals surface area contributed by atoms with Gasteiger partial charge < -0.3 is 5.11 Å². The molecule has 2 aromatic carbocycles. The lowest BCUT2D eigenvalue weighted by Crippen LogP contribution is -2.43. The molecule has 0 spiro atoms. The van der Waals surface area contributed by atoms with Crippen LogP contribution in [-0.4, -0.2) is 30.5 Å². The maximum absolute atomic E-state index is 13.1. The van der Waals surface area contributed by atoms with Gasteiger partial charge in [0.15, 0.2) is 0 Å². The van der Waals surface area contributed by atoms with Crippen molar-refractivity contribution in [3.05, 3.63) is 71.8 Å². The monoisotopic (exact) mass is 345 g/mol. The van der Waals surface area contributed by atoms with Crippen LogP contribution in [-0.2, 0) is 22.3 Å². The van der Waals surface area contributed by atoms with Gasteiger partial charge in [0.05, 0.1) is 18.4 Å². The van der Waals surface area contributed by atoms with Crippen LogP contribution >= 0.6 is 0 Å². The van der Waals surface area contributed by atoms with Crippen molar-refractivity contribution < 1.29 is 13.5 Å². The van der Waals surface area contributed by atoms with Crippen molar-refractivity contribution in [1.29, 1.82) is 0 Å². The Kier molecular flexibility index (Phi) is 5.33. The Morgan fingerprint density at radius 2 is 1.50 bits per heavy atom. The molecule has 0 amide bonds. The van der Waals surface area contributed by atoms with Crippen molar-refractivity contribution >= 4 is 10.0 Å². The second-order valence-corrected chi connectivity index (χ2v) is 8.28. The molecule has 1 unspecified atom stereocenters. The lowest BCUT2D eigenvalue weighted by molar-refractivity contribution is 0.166. The average Bonchev–Trinajstić information content (AvgIpc) is 3.41. The standard InChI is InChI=1S/C19H23NO3S/c21-14-19(18-11-12-18)20(13-16-7-3-1-4-8-16)24(22,23)15-17-9-5-2-6-10-17/h1-10,18-19,21H,11-15H2. The molecule has 2 aromatic rings. The van der Waals surface area contributed by atoms with Gasteiger partial charge in [-0.05, 0) is 29.9 Å². The summed E-state index contributed by atoms with van der Waals surface area (Å²) in [6.45, 7) is 0.170. The van der Waals surface area contributed by atoms with E-state index in [1.807, 2.05) is 60.7 Å². The molecule has 1 aliphatic carbocycles. The van der Waals surface area contributed by atoms with Crippen LogP contribution < -0.4 is 0 Å². The van der Waals surface area contributed by atoms with Gasteiger partial charge in [-0.1, -0.05) is 60.7 Å². The molecule has 0 bridgehead atoms. The third-order valence-corrected chi connectivity index (χ3v) is 6.27. The summed E-state index contributed by atoms with van der Waals surface area (Å²) in [6.07, 6.45) is 1.97. The van der Waals surface area contributed by atoms with Crippen LogP contribution in [0, 0.1) is 5.92 Å². The lowest BCUT2D eigenvalue weighted by Gasteiger charge is -2.30. The third-order valence-electron chi connectivity index (χ3n) is 4.45. The Bertz CT molecular complexity index is 743. The van der Waals surface area contributed by atoms with Crippen LogP contribution in [0.4, 0.5) is 0 Å². The summed E-state index contributed by atoms with van der Waals surface area (Å²) in [5, 5.41) is 9.81. The first-order valence-electron chi connectivity index (χ1n) is 8.28. The first kappa shape index (κ1) is 17.1. The molecule has 24 heavy (non-hydrogen) atoms. The summed E-state index contributed by atoms with van der Waals surface area (Å²) >= 11 is 0. The van der Waals surface area contributed by atoms with Gasteiger partial charge in [0.25, 0.3) is 0 Å². The molecule has 3 rings (SSSR count). The minimum absolute atomic E-state index is 0.0378. The molecule has 4 nitrogen and oxygen atoms in total. The van der Waals surface area contributed by atoms with Gasteiger partial charge in [0.1, 0.15) is 0 Å².